The number of nitrogens with one attached hydrogen (secondary N) is 2. The second-order valence-corrected chi connectivity index (χ2v) is 14.7. The number of carbonyl (C=O) groups is 5. The number of hydrogen-bond acceptors (Lipinski definition) is 11. The topological polar surface area (TPSA) is 203 Å². The first-order valence-corrected chi connectivity index (χ1v) is 18.7. The zero-order valence-corrected chi connectivity index (χ0v) is 29.5. The summed E-state index contributed by atoms with van der Waals surface area (Å²) in [7, 11) is -1.79. The molecule has 1 aliphatic carbocycles. The first-order valence-electron chi connectivity index (χ1n) is 16.4. The molecule has 3 atom stereocenters. The monoisotopic (exact) mass is 754 g/mol. The van der Waals surface area contributed by atoms with E-state index in [4.69, 9.17) is 15.3 Å². The smallest absolute Gasteiger partial charge is 0.356 e. The van der Waals surface area contributed by atoms with Crippen molar-refractivity contribution in [3.63, 3.8) is 0 Å². The number of esters is 1. The third-order valence-electron chi connectivity index (χ3n) is 8.63. The lowest BCUT2D eigenvalue weighted by Gasteiger charge is -2.49. The lowest BCUT2D eigenvalue weighted by molar-refractivity contribution is -0.689. The molecule has 4 heterocycles. The van der Waals surface area contributed by atoms with Crippen LogP contribution in [0.4, 0.5) is 5.13 Å². The van der Waals surface area contributed by atoms with Gasteiger partial charge in [-0.15, -0.1) is 11.3 Å². The van der Waals surface area contributed by atoms with E-state index in [1.54, 1.807) is 17.0 Å². The first kappa shape index (κ1) is 35.3. The van der Waals surface area contributed by atoms with Crippen LogP contribution in [0.5, 0.6) is 0 Å². The highest BCUT2D eigenvalue weighted by molar-refractivity contribution is 7.86. The van der Waals surface area contributed by atoms with Crippen LogP contribution in [0.15, 0.2) is 107 Å². The average molecular weight is 755 g/mol. The molecule has 2 aromatic carbocycles. The Hall–Kier alpha value is -6.07. The van der Waals surface area contributed by atoms with E-state index in [2.05, 4.69) is 20.8 Å². The third-order valence-corrected chi connectivity index (χ3v) is 11.1. The number of ether oxygens (including phenoxy) is 1. The predicted octanol–water partition coefficient (Wildman–Crippen LogP) is 1.68. The Labute approximate surface area is 308 Å². The van der Waals surface area contributed by atoms with Crippen LogP contribution in [0.1, 0.15) is 46.1 Å². The summed E-state index contributed by atoms with van der Waals surface area (Å²) in [6, 6.07) is 20.0. The molecule has 7 rings (SSSR count). The van der Waals surface area contributed by atoms with Gasteiger partial charge in [-0.1, -0.05) is 65.8 Å². The molecule has 1 unspecified atom stereocenters. The summed E-state index contributed by atoms with van der Waals surface area (Å²) >= 11 is 1.06. The number of benzene rings is 2. The second-order valence-electron chi connectivity index (χ2n) is 12.3. The standard InChI is InChI=1S/C36H31N7O8S2/c37-31(45)23-13-15-42(16-14-23)17-24-19-53(49)34-28(40-32(46)27(41-51-25-11-12-25)26-18-52-36(39-26)38-20-44)33(47)43(34)29(24)35(48)50-30(21-7-3-1-4-8-21)22-9-5-2-6-10-22/h1-10,13-16,18,20,25,28,30,34H,11-12,17,19H2,(H3-,37,38,39,40,44,45,46)/p+1/t28-,34-,53?/m1/s1. The molecule has 4 N–H and O–H groups in total. The maximum absolute atomic E-state index is 14.4. The molecular formula is C36H32N7O8S2+. The van der Waals surface area contributed by atoms with Crippen LogP contribution < -0.4 is 20.9 Å². The summed E-state index contributed by atoms with van der Waals surface area (Å²) in [5.74, 6) is -3.08. The highest BCUT2D eigenvalue weighted by atomic mass is 32.2. The number of anilines is 1. The van der Waals surface area contributed by atoms with E-state index in [0.29, 0.717) is 23.1 Å². The highest BCUT2D eigenvalue weighted by Gasteiger charge is 2.58. The SMILES string of the molecule is NC(=O)c1cc[n+](CC2=C(C(=O)OC(c3ccccc3)c3ccccc3)N3C(=O)[C@@H](NC(=O)C(=NOC4CC4)c4csc(NC=O)n4)[C@H]3S(=O)C2)cc1. The lowest BCUT2D eigenvalue weighted by Crippen LogP contribution is -2.74. The van der Waals surface area contributed by atoms with Gasteiger partial charge >= 0.3 is 5.97 Å². The quantitative estimate of drug-likeness (QED) is 0.0428. The minimum atomic E-state index is -1.79. The number of aromatic nitrogens is 2. The molecule has 0 spiro atoms. The van der Waals surface area contributed by atoms with Crippen LogP contribution in [0, 0.1) is 0 Å². The molecule has 270 valence electrons. The molecule has 15 nitrogen and oxygen atoms in total. The Balaban J connectivity index is 1.20. The van der Waals surface area contributed by atoms with Crippen LogP contribution in [0.2, 0.25) is 0 Å². The molecule has 2 fully saturated rings. The van der Waals surface area contributed by atoms with Crippen LogP contribution in [-0.4, -0.2) is 73.2 Å². The fourth-order valence-electron chi connectivity index (χ4n) is 5.87. The first-order chi connectivity index (χ1) is 25.7. The van der Waals surface area contributed by atoms with Crippen LogP contribution in [0.3, 0.4) is 0 Å². The molecule has 0 radical (unpaired) electrons. The summed E-state index contributed by atoms with van der Waals surface area (Å²) in [5, 5.41) is 9.67. The fraction of sp³-hybridized carbons (Fsp3) is 0.222. The number of β-lactam (4-membered cyclic amide) rings is 1. The van der Waals surface area contributed by atoms with Gasteiger partial charge in [0.25, 0.3) is 11.8 Å². The van der Waals surface area contributed by atoms with Crippen molar-refractivity contribution in [3.05, 3.63) is 124 Å². The van der Waals surface area contributed by atoms with Gasteiger partial charge in [0, 0.05) is 23.1 Å². The predicted molar refractivity (Wildman–Crippen MR) is 191 cm³/mol. The van der Waals surface area contributed by atoms with Crippen molar-refractivity contribution in [2.75, 3.05) is 11.1 Å². The maximum atomic E-state index is 14.4. The number of carbonyl (C=O) groups excluding carboxylic acids is 5. The van der Waals surface area contributed by atoms with Crippen molar-refractivity contribution in [1.82, 2.24) is 15.2 Å². The summed E-state index contributed by atoms with van der Waals surface area (Å²) in [6.07, 6.45) is 4.14. The van der Waals surface area contributed by atoms with Gasteiger partial charge < -0.3 is 25.9 Å². The van der Waals surface area contributed by atoms with Gasteiger partial charge in [0.15, 0.2) is 35.9 Å². The Morgan fingerprint density at radius 3 is 2.32 bits per heavy atom. The molecule has 2 aliphatic heterocycles. The number of thiazole rings is 1. The van der Waals surface area contributed by atoms with Gasteiger partial charge in [0.1, 0.15) is 28.9 Å². The summed E-state index contributed by atoms with van der Waals surface area (Å²) in [4.78, 5) is 75.4. The van der Waals surface area contributed by atoms with Gasteiger partial charge in [0.2, 0.25) is 12.3 Å². The summed E-state index contributed by atoms with van der Waals surface area (Å²) in [5.41, 5.74) is 7.17. The van der Waals surface area contributed by atoms with Crippen molar-refractivity contribution in [3.8, 4) is 0 Å². The molecule has 1 saturated carbocycles. The zero-order valence-electron chi connectivity index (χ0n) is 27.8. The number of nitrogens with two attached hydrogens (primary N) is 1. The molecular weight excluding hydrogens is 723 g/mol. The number of hydrogen-bond donors (Lipinski definition) is 3. The van der Waals surface area contributed by atoms with Crippen molar-refractivity contribution in [1.29, 1.82) is 0 Å². The number of amides is 4. The van der Waals surface area contributed by atoms with Gasteiger partial charge in [-0.25, -0.2) is 14.3 Å². The van der Waals surface area contributed by atoms with E-state index >= 15 is 0 Å². The Bertz CT molecular complexity index is 2110. The van der Waals surface area contributed by atoms with Crippen molar-refractivity contribution in [2.45, 2.75) is 43.0 Å². The Morgan fingerprint density at radius 2 is 1.72 bits per heavy atom. The highest BCUT2D eigenvalue weighted by Crippen LogP contribution is 2.37. The summed E-state index contributed by atoms with van der Waals surface area (Å²) in [6.45, 7) is 0.0282. The Kier molecular flexibility index (Phi) is 10.2. The second kappa shape index (κ2) is 15.3. The molecule has 17 heteroatoms. The molecule has 1 saturated heterocycles. The summed E-state index contributed by atoms with van der Waals surface area (Å²) < 4.78 is 21.8. The minimum absolute atomic E-state index is 0.0282. The van der Waals surface area contributed by atoms with E-state index in [1.807, 2.05) is 60.7 Å². The van der Waals surface area contributed by atoms with E-state index in [-0.39, 0.29) is 46.2 Å². The molecule has 4 aromatic rings. The number of rotatable bonds is 14. The van der Waals surface area contributed by atoms with Gasteiger partial charge in [-0.05, 0) is 24.0 Å². The number of nitrogens with zero attached hydrogens (tertiary/aromatic N) is 4. The number of pyridine rings is 1. The van der Waals surface area contributed by atoms with E-state index in [9.17, 15) is 28.2 Å². The van der Waals surface area contributed by atoms with Gasteiger partial charge in [-0.3, -0.25) is 28.3 Å². The average Bonchev–Trinajstić information content (AvgIpc) is 3.89. The van der Waals surface area contributed by atoms with Crippen LogP contribution in [0.25, 0.3) is 0 Å². The van der Waals surface area contributed by atoms with Crippen LogP contribution >= 0.6 is 11.3 Å². The molecule has 2 aromatic heterocycles. The number of primary amides is 1. The van der Waals surface area contributed by atoms with Crippen molar-refractivity contribution in [2.24, 2.45) is 10.9 Å². The van der Waals surface area contributed by atoms with Gasteiger partial charge in [-0.2, -0.15) is 0 Å². The van der Waals surface area contributed by atoms with E-state index in [1.165, 1.54) is 17.5 Å². The normalized spacial score (nSPS) is 19.6. The fourth-order valence-corrected chi connectivity index (χ4v) is 8.20. The molecule has 3 aliphatic rings. The zero-order chi connectivity index (χ0) is 37.1. The van der Waals surface area contributed by atoms with Crippen molar-refractivity contribution < 1.29 is 42.3 Å². The number of oxime groups is 1. The molecule has 0 bridgehead atoms. The largest absolute Gasteiger partial charge is 0.448 e. The third kappa shape index (κ3) is 7.61. The van der Waals surface area contributed by atoms with Gasteiger partial charge in [0.05, 0.1) is 22.1 Å². The van der Waals surface area contributed by atoms with E-state index in [0.717, 1.165) is 29.1 Å². The molecule has 4 amide bonds. The molecule has 53 heavy (non-hydrogen) atoms. The minimum Gasteiger partial charge on any atom is -0.448 e. The van der Waals surface area contributed by atoms with Crippen molar-refractivity contribution >= 4 is 63.1 Å². The maximum Gasteiger partial charge on any atom is 0.356 e. The van der Waals surface area contributed by atoms with Crippen LogP contribution in [-0.2, 0) is 46.1 Å². The lowest BCUT2D eigenvalue weighted by atomic mass is 10.0. The Morgan fingerprint density at radius 1 is 1.06 bits per heavy atom. The number of fused-ring (bicyclic) bond motifs is 1. The van der Waals surface area contributed by atoms with E-state index < -0.39 is 52.0 Å².